The molecule has 0 radical (unpaired) electrons. The Morgan fingerprint density at radius 3 is 2.17 bits per heavy atom. The summed E-state index contributed by atoms with van der Waals surface area (Å²) in [6, 6.07) is -0.223. The van der Waals surface area contributed by atoms with Crippen LogP contribution < -0.4 is 5.32 Å². The maximum Gasteiger partial charge on any atom is 0.408 e. The van der Waals surface area contributed by atoms with E-state index in [2.05, 4.69) is 25.0 Å². The average molecular weight is 347 g/mol. The SMILES string of the molecule is CC(C)(C)OC(=O)N[C@H](CCC(=O)O)C(=O)OCC[Si](C)(C)C. The predicted octanol–water partition coefficient (Wildman–Crippen LogP) is 2.63. The summed E-state index contributed by atoms with van der Waals surface area (Å²) in [5, 5.41) is 11.1. The first-order valence-electron chi connectivity index (χ1n) is 7.68. The Morgan fingerprint density at radius 1 is 1.17 bits per heavy atom. The number of rotatable bonds is 8. The van der Waals surface area contributed by atoms with Gasteiger partial charge in [-0.25, -0.2) is 9.59 Å². The van der Waals surface area contributed by atoms with Crippen LogP contribution in [-0.4, -0.2) is 49.5 Å². The number of carboxylic acids is 1. The number of amides is 1. The van der Waals surface area contributed by atoms with Crippen LogP contribution in [0.2, 0.25) is 25.7 Å². The Kier molecular flexibility index (Phi) is 8.29. The summed E-state index contributed by atoms with van der Waals surface area (Å²) in [5.74, 6) is -1.67. The molecule has 0 bridgehead atoms. The molecular weight excluding hydrogens is 318 g/mol. The summed E-state index contributed by atoms with van der Waals surface area (Å²) in [6.07, 6.45) is -1.06. The summed E-state index contributed by atoms with van der Waals surface area (Å²) in [4.78, 5) is 34.5. The molecule has 0 heterocycles. The minimum atomic E-state index is -1.34. The first-order valence-corrected chi connectivity index (χ1v) is 11.4. The minimum Gasteiger partial charge on any atom is -0.481 e. The van der Waals surface area contributed by atoms with Gasteiger partial charge in [0.2, 0.25) is 0 Å². The molecule has 0 aliphatic heterocycles. The van der Waals surface area contributed by atoms with E-state index in [4.69, 9.17) is 14.6 Å². The second-order valence-corrected chi connectivity index (χ2v) is 13.2. The molecule has 1 atom stereocenters. The number of aliphatic carboxylic acids is 1. The van der Waals surface area contributed by atoms with Gasteiger partial charge in [-0.3, -0.25) is 4.79 Å². The van der Waals surface area contributed by atoms with Crippen molar-refractivity contribution in [2.75, 3.05) is 6.61 Å². The Morgan fingerprint density at radius 2 is 1.74 bits per heavy atom. The fourth-order valence-corrected chi connectivity index (χ4v) is 2.24. The second-order valence-electron chi connectivity index (χ2n) is 7.61. The molecule has 1 amide bonds. The van der Waals surface area contributed by atoms with E-state index in [1.807, 2.05) is 0 Å². The van der Waals surface area contributed by atoms with Crippen LogP contribution in [0.4, 0.5) is 4.79 Å². The highest BCUT2D eigenvalue weighted by Crippen LogP contribution is 2.10. The van der Waals surface area contributed by atoms with E-state index in [-0.39, 0.29) is 19.4 Å². The summed E-state index contributed by atoms with van der Waals surface area (Å²) >= 11 is 0. The van der Waals surface area contributed by atoms with Gasteiger partial charge in [0.15, 0.2) is 0 Å². The highest BCUT2D eigenvalue weighted by molar-refractivity contribution is 6.76. The number of esters is 1. The van der Waals surface area contributed by atoms with E-state index < -0.39 is 37.7 Å². The Bertz CT molecular complexity index is 425. The average Bonchev–Trinajstić information content (AvgIpc) is 2.29. The van der Waals surface area contributed by atoms with Crippen LogP contribution in [0.15, 0.2) is 0 Å². The zero-order valence-corrected chi connectivity index (χ0v) is 15.9. The van der Waals surface area contributed by atoms with Crippen molar-refractivity contribution < 1.29 is 29.0 Å². The van der Waals surface area contributed by atoms with Crippen molar-refractivity contribution in [1.82, 2.24) is 5.32 Å². The zero-order valence-electron chi connectivity index (χ0n) is 14.9. The van der Waals surface area contributed by atoms with Gasteiger partial charge < -0.3 is 19.9 Å². The lowest BCUT2D eigenvalue weighted by Crippen LogP contribution is -2.44. The molecule has 134 valence electrons. The number of carbonyl (C=O) groups excluding carboxylic acids is 2. The number of ether oxygens (including phenoxy) is 2. The van der Waals surface area contributed by atoms with Gasteiger partial charge in [-0.1, -0.05) is 19.6 Å². The van der Waals surface area contributed by atoms with Crippen molar-refractivity contribution in [1.29, 1.82) is 0 Å². The molecule has 0 aromatic rings. The highest BCUT2D eigenvalue weighted by Gasteiger charge is 2.26. The molecule has 0 aliphatic rings. The lowest BCUT2D eigenvalue weighted by Gasteiger charge is -2.23. The number of carbonyl (C=O) groups is 3. The lowest BCUT2D eigenvalue weighted by molar-refractivity contribution is -0.146. The fourth-order valence-electron chi connectivity index (χ4n) is 1.52. The quantitative estimate of drug-likeness (QED) is 0.517. The fraction of sp³-hybridized carbons (Fsp3) is 0.800. The maximum atomic E-state index is 12.1. The molecular formula is C15H29NO6Si. The van der Waals surface area contributed by atoms with Gasteiger partial charge in [0.05, 0.1) is 6.61 Å². The van der Waals surface area contributed by atoms with Gasteiger partial charge >= 0.3 is 18.0 Å². The van der Waals surface area contributed by atoms with Crippen molar-refractivity contribution >= 4 is 26.1 Å². The van der Waals surface area contributed by atoms with E-state index in [1.165, 1.54) is 0 Å². The molecule has 8 heteroatoms. The number of carboxylic acid groups (broad SMARTS) is 1. The van der Waals surface area contributed by atoms with Gasteiger partial charge in [-0.15, -0.1) is 0 Å². The molecule has 0 rings (SSSR count). The summed E-state index contributed by atoms with van der Waals surface area (Å²) in [6.45, 7) is 11.8. The summed E-state index contributed by atoms with van der Waals surface area (Å²) in [5.41, 5.74) is -0.705. The van der Waals surface area contributed by atoms with Gasteiger partial charge in [-0.2, -0.15) is 0 Å². The third-order valence-corrected chi connectivity index (χ3v) is 4.42. The standard InChI is InChI=1S/C15H29NO6Si/c1-15(2,3)22-14(20)16-11(7-8-12(17)18)13(19)21-9-10-23(4,5)6/h11H,7-10H2,1-6H3,(H,16,20)(H,17,18)/t11-/m1/s1. The molecule has 2 N–H and O–H groups in total. The number of hydrogen-bond donors (Lipinski definition) is 2. The third-order valence-electron chi connectivity index (χ3n) is 2.72. The van der Waals surface area contributed by atoms with Gasteiger partial charge in [0.1, 0.15) is 11.6 Å². The Balaban J connectivity index is 4.63. The van der Waals surface area contributed by atoms with Crippen LogP contribution in [0.25, 0.3) is 0 Å². The molecule has 0 saturated carbocycles. The van der Waals surface area contributed by atoms with Gasteiger partial charge in [0.25, 0.3) is 0 Å². The van der Waals surface area contributed by atoms with Crippen LogP contribution in [-0.2, 0) is 19.1 Å². The van der Waals surface area contributed by atoms with E-state index in [9.17, 15) is 14.4 Å². The topological polar surface area (TPSA) is 102 Å². The number of alkyl carbamates (subject to hydrolysis) is 1. The molecule has 0 unspecified atom stereocenters. The molecule has 0 saturated heterocycles. The lowest BCUT2D eigenvalue weighted by atomic mass is 10.1. The minimum absolute atomic E-state index is 0.0413. The largest absolute Gasteiger partial charge is 0.481 e. The number of nitrogens with one attached hydrogen (secondary N) is 1. The normalized spacial score (nSPS) is 13.1. The van der Waals surface area contributed by atoms with E-state index in [1.54, 1.807) is 20.8 Å². The third kappa shape index (κ3) is 12.6. The summed E-state index contributed by atoms with van der Waals surface area (Å²) in [7, 11) is -1.34. The second kappa shape index (κ2) is 8.90. The van der Waals surface area contributed by atoms with Gasteiger partial charge in [0, 0.05) is 14.5 Å². The highest BCUT2D eigenvalue weighted by atomic mass is 28.3. The van der Waals surface area contributed by atoms with E-state index in [0.29, 0.717) is 0 Å². The predicted molar refractivity (Wildman–Crippen MR) is 89.1 cm³/mol. The Hall–Kier alpha value is -1.57. The van der Waals surface area contributed by atoms with Gasteiger partial charge in [-0.05, 0) is 33.2 Å². The van der Waals surface area contributed by atoms with E-state index >= 15 is 0 Å². The molecule has 0 aromatic carbocycles. The maximum absolute atomic E-state index is 12.1. The van der Waals surface area contributed by atoms with Crippen molar-refractivity contribution in [2.24, 2.45) is 0 Å². The first kappa shape index (κ1) is 21.4. The van der Waals surface area contributed by atoms with Crippen molar-refractivity contribution in [3.8, 4) is 0 Å². The molecule has 0 spiro atoms. The molecule has 0 fully saturated rings. The number of hydrogen-bond acceptors (Lipinski definition) is 5. The molecule has 0 aliphatic carbocycles. The first-order chi connectivity index (χ1) is 10.3. The van der Waals surface area contributed by atoms with Crippen LogP contribution >= 0.6 is 0 Å². The van der Waals surface area contributed by atoms with Crippen LogP contribution in [0.1, 0.15) is 33.6 Å². The van der Waals surface area contributed by atoms with Crippen LogP contribution in [0, 0.1) is 0 Å². The molecule has 0 aromatic heterocycles. The zero-order chi connectivity index (χ0) is 18.3. The van der Waals surface area contributed by atoms with Crippen molar-refractivity contribution in [3.63, 3.8) is 0 Å². The molecule has 23 heavy (non-hydrogen) atoms. The van der Waals surface area contributed by atoms with Crippen LogP contribution in [0.5, 0.6) is 0 Å². The smallest absolute Gasteiger partial charge is 0.408 e. The Labute approximate surface area is 138 Å². The van der Waals surface area contributed by atoms with Crippen molar-refractivity contribution in [3.05, 3.63) is 0 Å². The van der Waals surface area contributed by atoms with Crippen molar-refractivity contribution in [2.45, 2.75) is 70.9 Å². The molecule has 7 nitrogen and oxygen atoms in total. The summed E-state index contributed by atoms with van der Waals surface area (Å²) < 4.78 is 10.3. The van der Waals surface area contributed by atoms with Crippen LogP contribution in [0.3, 0.4) is 0 Å². The monoisotopic (exact) mass is 347 g/mol. The van der Waals surface area contributed by atoms with E-state index in [0.717, 1.165) is 6.04 Å².